The average Bonchev–Trinajstić information content (AvgIpc) is 2.41. The summed E-state index contributed by atoms with van der Waals surface area (Å²) in [5.74, 6) is -0.203. The van der Waals surface area contributed by atoms with E-state index in [1.54, 1.807) is 13.2 Å². The standard InChI is InChI=1S/C14H18N4O3/c1-7(2)9-6-15-12-10(11(9)16-8(3)19)13(20)18(5)14(21)17(12)4/h6-7H,1-5H3,(H,15,16,19). The molecule has 7 heteroatoms. The monoisotopic (exact) mass is 290 g/mol. The Hall–Kier alpha value is -2.44. The second-order valence-corrected chi connectivity index (χ2v) is 5.33. The molecule has 0 aliphatic heterocycles. The van der Waals surface area contributed by atoms with Gasteiger partial charge in [0.25, 0.3) is 5.56 Å². The molecule has 1 N–H and O–H groups in total. The molecule has 2 aromatic rings. The molecule has 21 heavy (non-hydrogen) atoms. The second kappa shape index (κ2) is 5.16. The number of hydrogen-bond acceptors (Lipinski definition) is 4. The molecule has 0 spiro atoms. The zero-order valence-corrected chi connectivity index (χ0v) is 12.7. The Kier molecular flexibility index (Phi) is 3.67. The van der Waals surface area contributed by atoms with E-state index in [9.17, 15) is 14.4 Å². The van der Waals surface area contributed by atoms with E-state index in [-0.39, 0.29) is 22.9 Å². The van der Waals surface area contributed by atoms with Crippen molar-refractivity contribution in [1.82, 2.24) is 14.1 Å². The molecule has 0 saturated heterocycles. The number of fused-ring (bicyclic) bond motifs is 1. The third-order valence-corrected chi connectivity index (χ3v) is 3.42. The van der Waals surface area contributed by atoms with Gasteiger partial charge >= 0.3 is 5.69 Å². The highest BCUT2D eigenvalue weighted by Gasteiger charge is 2.19. The van der Waals surface area contributed by atoms with Crippen LogP contribution in [-0.4, -0.2) is 20.0 Å². The van der Waals surface area contributed by atoms with E-state index in [1.807, 2.05) is 13.8 Å². The Balaban J connectivity index is 3.05. The fraction of sp³-hybridized carbons (Fsp3) is 0.429. The summed E-state index contributed by atoms with van der Waals surface area (Å²) in [6, 6.07) is 0. The van der Waals surface area contributed by atoms with Crippen LogP contribution in [0.5, 0.6) is 0 Å². The lowest BCUT2D eigenvalue weighted by molar-refractivity contribution is -0.114. The van der Waals surface area contributed by atoms with Crippen LogP contribution in [0.4, 0.5) is 5.69 Å². The summed E-state index contributed by atoms with van der Waals surface area (Å²) >= 11 is 0. The van der Waals surface area contributed by atoms with Gasteiger partial charge in [0.2, 0.25) is 5.91 Å². The number of amides is 1. The molecule has 0 bridgehead atoms. The lowest BCUT2D eigenvalue weighted by Crippen LogP contribution is -2.38. The van der Waals surface area contributed by atoms with Gasteiger partial charge in [0.15, 0.2) is 5.65 Å². The number of hydrogen-bond donors (Lipinski definition) is 1. The fourth-order valence-corrected chi connectivity index (χ4v) is 2.29. The number of carbonyl (C=O) groups is 1. The Bertz CT molecular complexity index is 846. The SMILES string of the molecule is CC(=O)Nc1c(C(C)C)cnc2c1c(=O)n(C)c(=O)n2C. The lowest BCUT2D eigenvalue weighted by Gasteiger charge is -2.16. The Morgan fingerprint density at radius 1 is 1.24 bits per heavy atom. The molecule has 112 valence electrons. The van der Waals surface area contributed by atoms with Gasteiger partial charge in [-0.2, -0.15) is 0 Å². The van der Waals surface area contributed by atoms with Crippen molar-refractivity contribution in [2.24, 2.45) is 14.1 Å². The van der Waals surface area contributed by atoms with Crippen LogP contribution >= 0.6 is 0 Å². The molecule has 0 aliphatic carbocycles. The molecule has 7 nitrogen and oxygen atoms in total. The van der Waals surface area contributed by atoms with Crippen molar-refractivity contribution in [3.63, 3.8) is 0 Å². The zero-order chi connectivity index (χ0) is 15.9. The zero-order valence-electron chi connectivity index (χ0n) is 12.7. The van der Waals surface area contributed by atoms with Gasteiger partial charge in [-0.15, -0.1) is 0 Å². The van der Waals surface area contributed by atoms with E-state index in [0.717, 1.165) is 10.1 Å². The van der Waals surface area contributed by atoms with E-state index in [0.29, 0.717) is 5.69 Å². The molecule has 2 heterocycles. The van der Waals surface area contributed by atoms with Crippen molar-refractivity contribution in [2.45, 2.75) is 26.7 Å². The maximum absolute atomic E-state index is 12.4. The normalized spacial score (nSPS) is 11.1. The highest BCUT2D eigenvalue weighted by Crippen LogP contribution is 2.28. The van der Waals surface area contributed by atoms with Crippen LogP contribution in [0.15, 0.2) is 15.8 Å². The first kappa shape index (κ1) is 15.0. The minimum absolute atomic E-state index is 0.0747. The van der Waals surface area contributed by atoms with Crippen molar-refractivity contribution >= 4 is 22.6 Å². The number of aryl methyl sites for hydroxylation is 1. The van der Waals surface area contributed by atoms with Crippen LogP contribution in [0.25, 0.3) is 11.0 Å². The van der Waals surface area contributed by atoms with Gasteiger partial charge in [-0.05, 0) is 11.5 Å². The number of carbonyl (C=O) groups excluding carboxylic acids is 1. The third kappa shape index (κ3) is 2.35. The van der Waals surface area contributed by atoms with Crippen LogP contribution in [-0.2, 0) is 18.9 Å². The van der Waals surface area contributed by atoms with Crippen molar-refractivity contribution < 1.29 is 4.79 Å². The molecule has 0 fully saturated rings. The Labute approximate surface area is 121 Å². The predicted molar refractivity (Wildman–Crippen MR) is 80.6 cm³/mol. The molecule has 0 saturated carbocycles. The maximum Gasteiger partial charge on any atom is 0.332 e. The van der Waals surface area contributed by atoms with Crippen LogP contribution in [0.3, 0.4) is 0 Å². The topological polar surface area (TPSA) is 86.0 Å². The molecular weight excluding hydrogens is 272 g/mol. The third-order valence-electron chi connectivity index (χ3n) is 3.42. The first-order valence-electron chi connectivity index (χ1n) is 6.62. The number of nitrogens with one attached hydrogen (secondary N) is 1. The number of rotatable bonds is 2. The van der Waals surface area contributed by atoms with Crippen LogP contribution in [0.2, 0.25) is 0 Å². The molecule has 2 aromatic heterocycles. The number of nitrogens with zero attached hydrogens (tertiary/aromatic N) is 3. The van der Waals surface area contributed by atoms with E-state index in [2.05, 4.69) is 10.3 Å². The average molecular weight is 290 g/mol. The summed E-state index contributed by atoms with van der Waals surface area (Å²) in [5.41, 5.74) is 0.529. The van der Waals surface area contributed by atoms with Crippen molar-refractivity contribution in [1.29, 1.82) is 0 Å². The van der Waals surface area contributed by atoms with Gasteiger partial charge in [-0.3, -0.25) is 18.7 Å². The van der Waals surface area contributed by atoms with Gasteiger partial charge in [-0.1, -0.05) is 13.8 Å². The number of pyridine rings is 1. The summed E-state index contributed by atoms with van der Waals surface area (Å²) < 4.78 is 2.31. The first-order valence-corrected chi connectivity index (χ1v) is 6.62. The van der Waals surface area contributed by atoms with Gasteiger partial charge in [-0.25, -0.2) is 9.78 Å². The van der Waals surface area contributed by atoms with Gasteiger partial charge in [0.05, 0.1) is 5.69 Å². The van der Waals surface area contributed by atoms with Crippen molar-refractivity contribution in [3.8, 4) is 0 Å². The summed E-state index contributed by atoms with van der Waals surface area (Å²) in [4.78, 5) is 40.1. The van der Waals surface area contributed by atoms with Crippen LogP contribution < -0.4 is 16.6 Å². The quantitative estimate of drug-likeness (QED) is 0.882. The molecule has 0 radical (unpaired) electrons. The van der Waals surface area contributed by atoms with Crippen LogP contribution in [0, 0.1) is 0 Å². The van der Waals surface area contributed by atoms with Gasteiger partial charge in [0, 0.05) is 27.2 Å². The highest BCUT2D eigenvalue weighted by molar-refractivity contribution is 6.00. The van der Waals surface area contributed by atoms with Crippen molar-refractivity contribution in [2.75, 3.05) is 5.32 Å². The molecule has 0 aromatic carbocycles. The predicted octanol–water partition coefficient (Wildman–Crippen LogP) is 0.714. The van der Waals surface area contributed by atoms with Gasteiger partial charge in [0.1, 0.15) is 5.39 Å². The molecule has 1 amide bonds. The second-order valence-electron chi connectivity index (χ2n) is 5.33. The molecular formula is C14H18N4O3. The highest BCUT2D eigenvalue weighted by atomic mass is 16.2. The first-order chi connectivity index (χ1) is 9.75. The molecule has 0 atom stereocenters. The van der Waals surface area contributed by atoms with E-state index in [4.69, 9.17) is 0 Å². The summed E-state index contributed by atoms with van der Waals surface area (Å²) in [5, 5.41) is 2.96. The fourth-order valence-electron chi connectivity index (χ4n) is 2.29. The van der Waals surface area contributed by atoms with Crippen molar-refractivity contribution in [3.05, 3.63) is 32.6 Å². The van der Waals surface area contributed by atoms with E-state index in [1.165, 1.54) is 18.5 Å². The van der Waals surface area contributed by atoms with Crippen LogP contribution in [0.1, 0.15) is 32.3 Å². The Morgan fingerprint density at radius 2 is 1.86 bits per heavy atom. The smallest absolute Gasteiger partial charge is 0.325 e. The number of aromatic nitrogens is 3. The molecule has 2 rings (SSSR count). The Morgan fingerprint density at radius 3 is 2.38 bits per heavy atom. The van der Waals surface area contributed by atoms with Gasteiger partial charge < -0.3 is 5.32 Å². The summed E-state index contributed by atoms with van der Waals surface area (Å²) in [7, 11) is 2.95. The minimum atomic E-state index is -0.466. The minimum Gasteiger partial charge on any atom is -0.325 e. The largest absolute Gasteiger partial charge is 0.332 e. The summed E-state index contributed by atoms with van der Waals surface area (Å²) in [6.45, 7) is 5.27. The lowest BCUT2D eigenvalue weighted by atomic mass is 10.0. The van der Waals surface area contributed by atoms with E-state index < -0.39 is 11.2 Å². The number of anilines is 1. The van der Waals surface area contributed by atoms with E-state index >= 15 is 0 Å². The molecule has 0 unspecified atom stereocenters. The summed E-state index contributed by atoms with van der Waals surface area (Å²) in [6.07, 6.45) is 1.59. The molecule has 0 aliphatic rings. The maximum atomic E-state index is 12.4.